The molecule has 0 unspecified atom stereocenters. The van der Waals surface area contributed by atoms with Crippen molar-refractivity contribution in [3.8, 4) is 0 Å². The molecule has 0 atom stereocenters. The quantitative estimate of drug-likeness (QED) is 0.687. The van der Waals surface area contributed by atoms with E-state index in [1.807, 2.05) is 0 Å². The Morgan fingerprint density at radius 1 is 1.54 bits per heavy atom. The molecular formula is C10H12N2O. The molecule has 1 saturated carbocycles. The van der Waals surface area contributed by atoms with Crippen LogP contribution >= 0.6 is 0 Å². The van der Waals surface area contributed by atoms with Gasteiger partial charge in [-0.25, -0.2) is 0 Å². The maximum Gasteiger partial charge on any atom is 0.184 e. The number of nitrogens with two attached hydrogens (primary N) is 1. The maximum absolute atomic E-state index is 11.8. The van der Waals surface area contributed by atoms with Crippen molar-refractivity contribution >= 4 is 5.78 Å². The van der Waals surface area contributed by atoms with Crippen LogP contribution in [-0.2, 0) is 0 Å². The van der Waals surface area contributed by atoms with E-state index in [1.54, 1.807) is 24.5 Å². The second-order valence-electron chi connectivity index (χ2n) is 3.58. The number of carbonyl (C=O) groups is 1. The van der Waals surface area contributed by atoms with E-state index in [0.29, 0.717) is 5.56 Å². The molecule has 0 saturated heterocycles. The van der Waals surface area contributed by atoms with Gasteiger partial charge in [0.15, 0.2) is 5.78 Å². The molecule has 3 nitrogen and oxygen atoms in total. The van der Waals surface area contributed by atoms with Crippen molar-refractivity contribution in [2.45, 2.75) is 24.8 Å². The fourth-order valence-electron chi connectivity index (χ4n) is 1.57. The predicted molar refractivity (Wildman–Crippen MR) is 49.3 cm³/mol. The van der Waals surface area contributed by atoms with Crippen LogP contribution in [0.2, 0.25) is 0 Å². The standard InChI is InChI=1S/C10H12N2O/c11-10(4-2-5-10)9(13)8-3-1-6-12-7-8/h1,3,6-7H,2,4-5,11H2. The first-order valence-electron chi connectivity index (χ1n) is 4.46. The summed E-state index contributed by atoms with van der Waals surface area (Å²) in [5.74, 6) is 0.0341. The molecule has 13 heavy (non-hydrogen) atoms. The topological polar surface area (TPSA) is 56.0 Å². The lowest BCUT2D eigenvalue weighted by molar-refractivity contribution is 0.0800. The SMILES string of the molecule is NC1(C(=O)c2cccnc2)CCC1. The molecule has 0 amide bonds. The van der Waals surface area contributed by atoms with Gasteiger partial charge in [-0.05, 0) is 31.4 Å². The second-order valence-corrected chi connectivity index (χ2v) is 3.58. The fraction of sp³-hybridized carbons (Fsp3) is 0.400. The lowest BCUT2D eigenvalue weighted by Crippen LogP contribution is -2.53. The van der Waals surface area contributed by atoms with Crippen molar-refractivity contribution < 1.29 is 4.79 Å². The average Bonchev–Trinajstić information content (AvgIpc) is 2.14. The first-order chi connectivity index (χ1) is 6.22. The molecule has 1 fully saturated rings. The van der Waals surface area contributed by atoms with Crippen LogP contribution in [0, 0.1) is 0 Å². The number of hydrogen-bond donors (Lipinski definition) is 1. The summed E-state index contributed by atoms with van der Waals surface area (Å²) in [7, 11) is 0. The summed E-state index contributed by atoms with van der Waals surface area (Å²) in [6.07, 6.45) is 5.90. The Morgan fingerprint density at radius 3 is 2.77 bits per heavy atom. The molecule has 1 aliphatic carbocycles. The van der Waals surface area contributed by atoms with Gasteiger partial charge < -0.3 is 5.73 Å². The van der Waals surface area contributed by atoms with Gasteiger partial charge in [0.05, 0.1) is 5.54 Å². The number of hydrogen-bond acceptors (Lipinski definition) is 3. The van der Waals surface area contributed by atoms with Crippen molar-refractivity contribution in [1.29, 1.82) is 0 Å². The molecule has 0 aromatic carbocycles. The molecule has 2 rings (SSSR count). The van der Waals surface area contributed by atoms with Gasteiger partial charge in [-0.2, -0.15) is 0 Å². The van der Waals surface area contributed by atoms with Gasteiger partial charge in [-0.15, -0.1) is 0 Å². The van der Waals surface area contributed by atoms with E-state index in [2.05, 4.69) is 4.98 Å². The number of aromatic nitrogens is 1. The number of ketones is 1. The molecule has 0 aliphatic heterocycles. The molecule has 0 radical (unpaired) electrons. The van der Waals surface area contributed by atoms with Crippen molar-refractivity contribution in [2.75, 3.05) is 0 Å². The third-order valence-electron chi connectivity index (χ3n) is 2.62. The molecule has 2 N–H and O–H groups in total. The largest absolute Gasteiger partial charge is 0.319 e. The number of pyridine rings is 1. The Balaban J connectivity index is 2.23. The fourth-order valence-corrected chi connectivity index (χ4v) is 1.57. The first kappa shape index (κ1) is 8.38. The van der Waals surface area contributed by atoms with E-state index >= 15 is 0 Å². The van der Waals surface area contributed by atoms with Gasteiger partial charge in [0.1, 0.15) is 0 Å². The minimum atomic E-state index is -0.594. The molecule has 0 spiro atoms. The zero-order valence-corrected chi connectivity index (χ0v) is 7.36. The summed E-state index contributed by atoms with van der Waals surface area (Å²) in [6.45, 7) is 0. The molecule has 3 heteroatoms. The Morgan fingerprint density at radius 2 is 2.31 bits per heavy atom. The van der Waals surface area contributed by atoms with Gasteiger partial charge in [0, 0.05) is 18.0 Å². The Labute approximate surface area is 77.0 Å². The summed E-state index contributed by atoms with van der Waals surface area (Å²) in [5.41, 5.74) is 5.94. The minimum absolute atomic E-state index is 0.0341. The summed E-state index contributed by atoms with van der Waals surface area (Å²) >= 11 is 0. The zero-order valence-electron chi connectivity index (χ0n) is 7.36. The smallest absolute Gasteiger partial charge is 0.184 e. The van der Waals surface area contributed by atoms with Crippen LogP contribution in [0.4, 0.5) is 0 Å². The molecule has 1 heterocycles. The summed E-state index contributed by atoms with van der Waals surface area (Å²) < 4.78 is 0. The predicted octanol–water partition coefficient (Wildman–Crippen LogP) is 1.15. The lowest BCUT2D eigenvalue weighted by atomic mass is 9.73. The Kier molecular flexibility index (Phi) is 1.88. The van der Waals surface area contributed by atoms with Gasteiger partial charge >= 0.3 is 0 Å². The van der Waals surface area contributed by atoms with Crippen LogP contribution in [0.3, 0.4) is 0 Å². The van der Waals surface area contributed by atoms with E-state index in [9.17, 15) is 4.79 Å². The first-order valence-corrected chi connectivity index (χ1v) is 4.46. The van der Waals surface area contributed by atoms with Crippen molar-refractivity contribution in [3.05, 3.63) is 30.1 Å². The highest BCUT2D eigenvalue weighted by atomic mass is 16.1. The minimum Gasteiger partial charge on any atom is -0.319 e. The second kappa shape index (κ2) is 2.92. The highest BCUT2D eigenvalue weighted by Crippen LogP contribution is 2.31. The molecule has 1 aromatic rings. The normalized spacial score (nSPS) is 19.2. The van der Waals surface area contributed by atoms with Gasteiger partial charge in [-0.1, -0.05) is 0 Å². The van der Waals surface area contributed by atoms with Crippen LogP contribution in [0.25, 0.3) is 0 Å². The van der Waals surface area contributed by atoms with Crippen LogP contribution in [0.5, 0.6) is 0 Å². The van der Waals surface area contributed by atoms with Gasteiger partial charge in [0.25, 0.3) is 0 Å². The average molecular weight is 176 g/mol. The molecule has 1 aromatic heterocycles. The van der Waals surface area contributed by atoms with Crippen molar-refractivity contribution in [2.24, 2.45) is 5.73 Å². The van der Waals surface area contributed by atoms with E-state index in [4.69, 9.17) is 5.73 Å². The Bertz CT molecular complexity index is 317. The zero-order chi connectivity index (χ0) is 9.31. The van der Waals surface area contributed by atoms with E-state index in [1.165, 1.54) is 0 Å². The number of rotatable bonds is 2. The molecule has 0 bridgehead atoms. The van der Waals surface area contributed by atoms with Gasteiger partial charge in [0.2, 0.25) is 0 Å². The van der Waals surface area contributed by atoms with E-state index in [0.717, 1.165) is 19.3 Å². The highest BCUT2D eigenvalue weighted by Gasteiger charge is 2.40. The molecule has 1 aliphatic rings. The monoisotopic (exact) mass is 176 g/mol. The van der Waals surface area contributed by atoms with E-state index in [-0.39, 0.29) is 5.78 Å². The Hall–Kier alpha value is -1.22. The van der Waals surface area contributed by atoms with Crippen molar-refractivity contribution in [3.63, 3.8) is 0 Å². The van der Waals surface area contributed by atoms with Crippen LogP contribution < -0.4 is 5.73 Å². The van der Waals surface area contributed by atoms with Crippen molar-refractivity contribution in [1.82, 2.24) is 4.98 Å². The van der Waals surface area contributed by atoms with Gasteiger partial charge in [-0.3, -0.25) is 9.78 Å². The number of carbonyl (C=O) groups excluding carboxylic acids is 1. The number of Topliss-reactive ketones (excluding diaryl/α,β-unsaturated/α-hetero) is 1. The summed E-state index contributed by atoms with van der Waals surface area (Å²) in [6, 6.07) is 3.53. The third kappa shape index (κ3) is 1.35. The van der Waals surface area contributed by atoms with Crippen LogP contribution in [-0.4, -0.2) is 16.3 Å². The maximum atomic E-state index is 11.8. The van der Waals surface area contributed by atoms with E-state index < -0.39 is 5.54 Å². The highest BCUT2D eigenvalue weighted by molar-refractivity contribution is 6.03. The van der Waals surface area contributed by atoms with Crippen LogP contribution in [0.1, 0.15) is 29.6 Å². The molecule has 68 valence electrons. The molecular weight excluding hydrogens is 164 g/mol. The number of nitrogens with zero attached hydrogens (tertiary/aromatic N) is 1. The summed E-state index contributed by atoms with van der Waals surface area (Å²) in [4.78, 5) is 15.7. The summed E-state index contributed by atoms with van der Waals surface area (Å²) in [5, 5.41) is 0. The third-order valence-corrected chi connectivity index (χ3v) is 2.62. The van der Waals surface area contributed by atoms with Crippen LogP contribution in [0.15, 0.2) is 24.5 Å². The lowest BCUT2D eigenvalue weighted by Gasteiger charge is -2.36.